The van der Waals surface area contributed by atoms with Crippen LogP contribution in [0.4, 0.5) is 0 Å². The SMILES string of the molecule is N#Cc1cccc(C(=O)OC(CNC2CCCCC2)CS(=O)(=O)[O-])c1. The van der Waals surface area contributed by atoms with Crippen LogP contribution in [-0.4, -0.2) is 43.4 Å². The van der Waals surface area contributed by atoms with Crippen LogP contribution in [0.15, 0.2) is 24.3 Å². The molecule has 1 aromatic carbocycles. The van der Waals surface area contributed by atoms with Gasteiger partial charge in [-0.1, -0.05) is 25.3 Å². The molecule has 8 heteroatoms. The largest absolute Gasteiger partial charge is 0.748 e. The predicted molar refractivity (Wildman–Crippen MR) is 89.8 cm³/mol. The fraction of sp³-hybridized carbons (Fsp3) is 0.529. The lowest BCUT2D eigenvalue weighted by Gasteiger charge is -2.26. The molecule has 1 saturated carbocycles. The van der Waals surface area contributed by atoms with Crippen LogP contribution in [0.2, 0.25) is 0 Å². The van der Waals surface area contributed by atoms with Gasteiger partial charge in [0.1, 0.15) is 6.10 Å². The molecule has 7 nitrogen and oxygen atoms in total. The third-order valence-corrected chi connectivity index (χ3v) is 4.91. The van der Waals surface area contributed by atoms with E-state index in [-0.39, 0.29) is 18.2 Å². The molecular formula is C17H21N2O5S-. The molecule has 1 aliphatic carbocycles. The van der Waals surface area contributed by atoms with Gasteiger partial charge in [-0.3, -0.25) is 0 Å². The summed E-state index contributed by atoms with van der Waals surface area (Å²) in [5.74, 6) is -1.53. The average molecular weight is 365 g/mol. The fourth-order valence-electron chi connectivity index (χ4n) is 2.90. The van der Waals surface area contributed by atoms with Crippen LogP contribution in [0.25, 0.3) is 0 Å². The van der Waals surface area contributed by atoms with E-state index in [0.717, 1.165) is 25.7 Å². The van der Waals surface area contributed by atoms with Crippen molar-refractivity contribution in [2.75, 3.05) is 12.3 Å². The van der Waals surface area contributed by atoms with Crippen molar-refractivity contribution >= 4 is 16.1 Å². The van der Waals surface area contributed by atoms with Crippen molar-refractivity contribution in [3.05, 3.63) is 35.4 Å². The molecule has 0 heterocycles. The second kappa shape index (κ2) is 8.94. The summed E-state index contributed by atoms with van der Waals surface area (Å²) in [6.07, 6.45) is 4.28. The fourth-order valence-corrected chi connectivity index (χ4v) is 3.54. The smallest absolute Gasteiger partial charge is 0.338 e. The van der Waals surface area contributed by atoms with E-state index in [4.69, 9.17) is 10.00 Å². The van der Waals surface area contributed by atoms with Gasteiger partial charge in [-0.25, -0.2) is 13.2 Å². The molecule has 2 rings (SSSR count). The second-order valence-corrected chi connectivity index (χ2v) is 7.64. The number of carbonyl (C=O) groups is 1. The van der Waals surface area contributed by atoms with E-state index < -0.39 is 27.9 Å². The van der Waals surface area contributed by atoms with Gasteiger partial charge in [0.15, 0.2) is 0 Å². The Morgan fingerprint density at radius 2 is 2.08 bits per heavy atom. The normalized spacial score (nSPS) is 16.8. The zero-order valence-electron chi connectivity index (χ0n) is 13.8. The molecule has 0 aromatic heterocycles. The van der Waals surface area contributed by atoms with Crippen LogP contribution in [0.3, 0.4) is 0 Å². The number of esters is 1. The Kier molecular flexibility index (Phi) is 6.93. The van der Waals surface area contributed by atoms with Crippen LogP contribution in [-0.2, 0) is 14.9 Å². The van der Waals surface area contributed by atoms with Gasteiger partial charge < -0.3 is 14.6 Å². The van der Waals surface area contributed by atoms with Gasteiger partial charge >= 0.3 is 5.97 Å². The van der Waals surface area contributed by atoms with Crippen LogP contribution < -0.4 is 5.32 Å². The van der Waals surface area contributed by atoms with Crippen molar-refractivity contribution in [1.29, 1.82) is 5.26 Å². The number of benzene rings is 1. The Labute approximate surface area is 147 Å². The molecule has 136 valence electrons. The van der Waals surface area contributed by atoms with Crippen molar-refractivity contribution in [3.63, 3.8) is 0 Å². The number of ether oxygens (including phenoxy) is 1. The van der Waals surface area contributed by atoms with Crippen LogP contribution >= 0.6 is 0 Å². The predicted octanol–water partition coefficient (Wildman–Crippen LogP) is 1.55. The van der Waals surface area contributed by atoms with Crippen molar-refractivity contribution < 1.29 is 22.5 Å². The van der Waals surface area contributed by atoms with E-state index >= 15 is 0 Å². The standard InChI is InChI=1S/C17H22N2O5S/c18-10-13-5-4-6-14(9-13)17(20)24-16(12-25(21,22)23)11-19-15-7-2-1-3-8-15/h4-6,9,15-16,19H,1-3,7-8,11-12H2,(H,21,22,23)/p-1. The molecule has 1 N–H and O–H groups in total. The topological polar surface area (TPSA) is 119 Å². The third kappa shape index (κ3) is 6.82. The number of nitrogens with zero attached hydrogens (tertiary/aromatic N) is 1. The van der Waals surface area contributed by atoms with Crippen LogP contribution in [0, 0.1) is 11.3 Å². The maximum atomic E-state index is 12.2. The lowest BCUT2D eigenvalue weighted by atomic mass is 9.95. The lowest BCUT2D eigenvalue weighted by molar-refractivity contribution is 0.0338. The van der Waals surface area contributed by atoms with Gasteiger partial charge in [-0.2, -0.15) is 5.26 Å². The molecule has 1 atom stereocenters. The molecule has 0 bridgehead atoms. The Balaban J connectivity index is 2.01. The van der Waals surface area contributed by atoms with E-state index in [1.807, 2.05) is 6.07 Å². The highest BCUT2D eigenvalue weighted by molar-refractivity contribution is 7.85. The average Bonchev–Trinajstić information content (AvgIpc) is 2.59. The van der Waals surface area contributed by atoms with E-state index in [2.05, 4.69) is 5.32 Å². The molecule has 0 spiro atoms. The maximum Gasteiger partial charge on any atom is 0.338 e. The summed E-state index contributed by atoms with van der Waals surface area (Å²) in [7, 11) is -4.54. The highest BCUT2D eigenvalue weighted by Gasteiger charge is 2.21. The number of nitriles is 1. The molecule has 1 aliphatic rings. The first-order valence-corrected chi connectivity index (χ1v) is 9.83. The molecular weight excluding hydrogens is 344 g/mol. The molecule has 1 unspecified atom stereocenters. The first kappa shape index (κ1) is 19.4. The first-order valence-electron chi connectivity index (χ1n) is 8.25. The Morgan fingerprint density at radius 3 is 2.72 bits per heavy atom. The Bertz CT molecular complexity index is 736. The second-order valence-electron chi connectivity index (χ2n) is 6.19. The summed E-state index contributed by atoms with van der Waals surface area (Å²) >= 11 is 0. The van der Waals surface area contributed by atoms with Gasteiger partial charge in [0, 0.05) is 12.6 Å². The number of rotatable bonds is 7. The quantitative estimate of drug-likeness (QED) is 0.575. The minimum atomic E-state index is -4.54. The summed E-state index contributed by atoms with van der Waals surface area (Å²) in [4.78, 5) is 12.2. The Morgan fingerprint density at radius 1 is 1.36 bits per heavy atom. The van der Waals surface area contributed by atoms with Gasteiger partial charge in [0.25, 0.3) is 0 Å². The number of carbonyl (C=O) groups excluding carboxylic acids is 1. The molecule has 0 amide bonds. The number of nitrogens with one attached hydrogen (secondary N) is 1. The zero-order valence-corrected chi connectivity index (χ0v) is 14.6. The monoisotopic (exact) mass is 365 g/mol. The number of hydrogen-bond donors (Lipinski definition) is 1. The van der Waals surface area contributed by atoms with Crippen molar-refractivity contribution in [2.24, 2.45) is 0 Å². The van der Waals surface area contributed by atoms with Crippen LogP contribution in [0.1, 0.15) is 48.0 Å². The van der Waals surface area contributed by atoms with Crippen molar-refractivity contribution in [3.8, 4) is 6.07 Å². The highest BCUT2D eigenvalue weighted by atomic mass is 32.2. The van der Waals surface area contributed by atoms with E-state index in [1.165, 1.54) is 24.6 Å². The van der Waals surface area contributed by atoms with Gasteiger partial charge in [0.2, 0.25) is 0 Å². The third-order valence-electron chi connectivity index (χ3n) is 4.13. The summed E-state index contributed by atoms with van der Waals surface area (Å²) < 4.78 is 38.5. The summed E-state index contributed by atoms with van der Waals surface area (Å²) in [6, 6.07) is 8.07. The Hall–Kier alpha value is -1.95. The van der Waals surface area contributed by atoms with E-state index in [0.29, 0.717) is 5.56 Å². The minimum absolute atomic E-state index is 0.107. The molecule has 1 aromatic rings. The van der Waals surface area contributed by atoms with Gasteiger partial charge in [0.05, 0.1) is 33.1 Å². The minimum Gasteiger partial charge on any atom is -0.748 e. The zero-order chi connectivity index (χ0) is 18.3. The molecule has 1 fully saturated rings. The first-order chi connectivity index (χ1) is 11.9. The van der Waals surface area contributed by atoms with E-state index in [9.17, 15) is 17.8 Å². The molecule has 25 heavy (non-hydrogen) atoms. The summed E-state index contributed by atoms with van der Waals surface area (Å²) in [5, 5.41) is 12.1. The summed E-state index contributed by atoms with van der Waals surface area (Å²) in [5.41, 5.74) is 0.438. The lowest BCUT2D eigenvalue weighted by Crippen LogP contribution is -2.41. The maximum absolute atomic E-state index is 12.2. The van der Waals surface area contributed by atoms with E-state index in [1.54, 1.807) is 6.07 Å². The van der Waals surface area contributed by atoms with Crippen molar-refractivity contribution in [1.82, 2.24) is 5.32 Å². The molecule has 0 radical (unpaired) electrons. The van der Waals surface area contributed by atoms with Crippen molar-refractivity contribution in [2.45, 2.75) is 44.2 Å². The summed E-state index contributed by atoms with van der Waals surface area (Å²) in [6.45, 7) is 0.107. The van der Waals surface area contributed by atoms with Gasteiger partial charge in [-0.15, -0.1) is 0 Å². The van der Waals surface area contributed by atoms with Crippen LogP contribution in [0.5, 0.6) is 0 Å². The molecule has 0 saturated heterocycles. The van der Waals surface area contributed by atoms with Gasteiger partial charge in [-0.05, 0) is 31.0 Å². The molecule has 0 aliphatic heterocycles. The highest BCUT2D eigenvalue weighted by Crippen LogP contribution is 2.17. The number of hydrogen-bond acceptors (Lipinski definition) is 7.